The molecule has 0 radical (unpaired) electrons. The number of benzene rings is 1. The number of halogens is 1. The van der Waals surface area contributed by atoms with E-state index in [0.29, 0.717) is 5.76 Å². The molecule has 7 heteroatoms. The molecular formula is C13H12FN3O3. The molecule has 0 atom stereocenters. The van der Waals surface area contributed by atoms with E-state index in [4.69, 9.17) is 4.52 Å². The van der Waals surface area contributed by atoms with Crippen LogP contribution in [0.4, 0.5) is 10.2 Å². The lowest BCUT2D eigenvalue weighted by Crippen LogP contribution is -2.32. The molecule has 0 aliphatic carbocycles. The van der Waals surface area contributed by atoms with E-state index in [-0.39, 0.29) is 17.9 Å². The Balaban J connectivity index is 1.84. The van der Waals surface area contributed by atoms with Gasteiger partial charge in [0.2, 0.25) is 5.91 Å². The number of rotatable bonds is 4. The topological polar surface area (TPSA) is 84.2 Å². The average Bonchev–Trinajstić information content (AvgIpc) is 2.82. The van der Waals surface area contributed by atoms with E-state index in [0.717, 1.165) is 0 Å². The fourth-order valence-corrected chi connectivity index (χ4v) is 1.48. The summed E-state index contributed by atoms with van der Waals surface area (Å²) >= 11 is 0. The molecule has 6 nitrogen and oxygen atoms in total. The quantitative estimate of drug-likeness (QED) is 0.886. The summed E-state index contributed by atoms with van der Waals surface area (Å²) in [6, 6.07) is 6.58. The van der Waals surface area contributed by atoms with Gasteiger partial charge in [-0.2, -0.15) is 0 Å². The summed E-state index contributed by atoms with van der Waals surface area (Å²) < 4.78 is 17.5. The predicted octanol–water partition coefficient (Wildman–Crippen LogP) is 1.49. The molecule has 0 saturated carbocycles. The summed E-state index contributed by atoms with van der Waals surface area (Å²) in [6.45, 7) is 1.47. The van der Waals surface area contributed by atoms with Crippen LogP contribution in [0.1, 0.15) is 16.1 Å². The van der Waals surface area contributed by atoms with Gasteiger partial charge in [0.25, 0.3) is 5.91 Å². The first-order valence-corrected chi connectivity index (χ1v) is 5.81. The lowest BCUT2D eigenvalue weighted by atomic mass is 10.2. The molecule has 0 saturated heterocycles. The molecule has 0 fully saturated rings. The van der Waals surface area contributed by atoms with Gasteiger partial charge in [0.15, 0.2) is 5.82 Å². The lowest BCUT2D eigenvalue weighted by Gasteiger charge is -2.04. The standard InChI is InChI=1S/C13H12FN3O3/c1-8-6-11(17-20-8)16-12(18)7-15-13(19)9-2-4-10(14)5-3-9/h2-6H,7H2,1H3,(H,15,19)(H,16,17,18). The van der Waals surface area contributed by atoms with Gasteiger partial charge in [-0.3, -0.25) is 9.59 Å². The van der Waals surface area contributed by atoms with Gasteiger partial charge in [0, 0.05) is 11.6 Å². The zero-order valence-corrected chi connectivity index (χ0v) is 10.6. The minimum Gasteiger partial charge on any atom is -0.360 e. The summed E-state index contributed by atoms with van der Waals surface area (Å²) in [5.41, 5.74) is 0.275. The smallest absolute Gasteiger partial charge is 0.251 e. The summed E-state index contributed by atoms with van der Waals surface area (Å²) in [7, 11) is 0. The number of amides is 2. The van der Waals surface area contributed by atoms with Crippen molar-refractivity contribution in [2.45, 2.75) is 6.92 Å². The molecule has 0 aliphatic heterocycles. The van der Waals surface area contributed by atoms with Crippen molar-refractivity contribution in [2.75, 3.05) is 11.9 Å². The molecule has 2 rings (SSSR count). The van der Waals surface area contributed by atoms with Crippen molar-refractivity contribution >= 4 is 17.6 Å². The highest BCUT2D eigenvalue weighted by Gasteiger charge is 2.09. The number of anilines is 1. The fraction of sp³-hybridized carbons (Fsp3) is 0.154. The predicted molar refractivity (Wildman–Crippen MR) is 68.6 cm³/mol. The van der Waals surface area contributed by atoms with Gasteiger partial charge in [-0.05, 0) is 31.2 Å². The summed E-state index contributed by atoms with van der Waals surface area (Å²) in [5.74, 6) is -0.481. The molecule has 2 N–H and O–H groups in total. The number of nitrogens with zero attached hydrogens (tertiary/aromatic N) is 1. The van der Waals surface area contributed by atoms with Crippen LogP contribution in [0.15, 0.2) is 34.9 Å². The summed E-state index contributed by atoms with van der Waals surface area (Å²) in [4.78, 5) is 23.2. The highest BCUT2D eigenvalue weighted by molar-refractivity contribution is 5.98. The maximum absolute atomic E-state index is 12.7. The fourth-order valence-electron chi connectivity index (χ4n) is 1.48. The van der Waals surface area contributed by atoms with Crippen LogP contribution in [-0.4, -0.2) is 23.5 Å². The van der Waals surface area contributed by atoms with Crippen molar-refractivity contribution < 1.29 is 18.5 Å². The molecule has 0 bridgehead atoms. The first-order chi connectivity index (χ1) is 9.54. The van der Waals surface area contributed by atoms with Crippen LogP contribution in [0.5, 0.6) is 0 Å². The van der Waals surface area contributed by atoms with Gasteiger partial charge < -0.3 is 15.2 Å². The van der Waals surface area contributed by atoms with Crippen LogP contribution < -0.4 is 10.6 Å². The van der Waals surface area contributed by atoms with Crippen LogP contribution in [0.25, 0.3) is 0 Å². The summed E-state index contributed by atoms with van der Waals surface area (Å²) in [6.07, 6.45) is 0. The Morgan fingerprint density at radius 3 is 2.60 bits per heavy atom. The molecule has 1 aromatic carbocycles. The second-order valence-electron chi connectivity index (χ2n) is 4.06. The van der Waals surface area contributed by atoms with E-state index < -0.39 is 17.6 Å². The van der Waals surface area contributed by atoms with E-state index in [1.807, 2.05) is 0 Å². The number of hydrogen-bond acceptors (Lipinski definition) is 4. The first-order valence-electron chi connectivity index (χ1n) is 5.81. The van der Waals surface area contributed by atoms with Crippen molar-refractivity contribution in [1.82, 2.24) is 10.5 Å². The number of carbonyl (C=O) groups excluding carboxylic acids is 2. The number of aromatic nitrogens is 1. The Hall–Kier alpha value is -2.70. The molecule has 2 amide bonds. The van der Waals surface area contributed by atoms with Crippen LogP contribution in [-0.2, 0) is 4.79 Å². The van der Waals surface area contributed by atoms with Gasteiger partial charge in [-0.15, -0.1) is 0 Å². The van der Waals surface area contributed by atoms with Crippen molar-refractivity contribution in [1.29, 1.82) is 0 Å². The third-order valence-electron chi connectivity index (χ3n) is 2.41. The van der Waals surface area contributed by atoms with E-state index in [9.17, 15) is 14.0 Å². The Kier molecular flexibility index (Phi) is 4.09. The van der Waals surface area contributed by atoms with Crippen molar-refractivity contribution in [2.24, 2.45) is 0 Å². The summed E-state index contributed by atoms with van der Waals surface area (Å²) in [5, 5.41) is 8.46. The van der Waals surface area contributed by atoms with E-state index >= 15 is 0 Å². The van der Waals surface area contributed by atoms with Gasteiger partial charge in [0.1, 0.15) is 11.6 Å². The molecule has 0 unspecified atom stereocenters. The number of aryl methyl sites for hydroxylation is 1. The largest absolute Gasteiger partial charge is 0.360 e. The van der Waals surface area contributed by atoms with E-state index in [1.165, 1.54) is 24.3 Å². The highest BCUT2D eigenvalue weighted by atomic mass is 19.1. The second-order valence-corrected chi connectivity index (χ2v) is 4.06. The van der Waals surface area contributed by atoms with E-state index in [1.54, 1.807) is 13.0 Å². The molecule has 20 heavy (non-hydrogen) atoms. The molecule has 0 spiro atoms. The first kappa shape index (κ1) is 13.7. The molecular weight excluding hydrogens is 265 g/mol. The van der Waals surface area contributed by atoms with Crippen LogP contribution in [0.3, 0.4) is 0 Å². The molecule has 2 aromatic rings. The van der Waals surface area contributed by atoms with Gasteiger partial charge in [-0.1, -0.05) is 5.16 Å². The Morgan fingerprint density at radius 1 is 1.30 bits per heavy atom. The third-order valence-corrected chi connectivity index (χ3v) is 2.41. The zero-order valence-electron chi connectivity index (χ0n) is 10.6. The van der Waals surface area contributed by atoms with Crippen LogP contribution in [0.2, 0.25) is 0 Å². The Morgan fingerprint density at radius 2 is 2.00 bits per heavy atom. The Labute approximate surface area is 114 Å². The third kappa shape index (κ3) is 3.64. The van der Waals surface area contributed by atoms with Gasteiger partial charge in [0.05, 0.1) is 6.54 Å². The lowest BCUT2D eigenvalue weighted by molar-refractivity contribution is -0.115. The SMILES string of the molecule is Cc1cc(NC(=O)CNC(=O)c2ccc(F)cc2)no1. The van der Waals surface area contributed by atoms with E-state index in [2.05, 4.69) is 15.8 Å². The maximum atomic E-state index is 12.7. The average molecular weight is 277 g/mol. The minimum atomic E-state index is -0.462. The molecule has 104 valence electrons. The molecule has 0 aliphatic rings. The zero-order chi connectivity index (χ0) is 14.5. The molecule has 1 aromatic heterocycles. The Bertz CT molecular complexity index is 622. The van der Waals surface area contributed by atoms with Crippen molar-refractivity contribution in [3.8, 4) is 0 Å². The number of hydrogen-bond donors (Lipinski definition) is 2. The van der Waals surface area contributed by atoms with Crippen LogP contribution in [0, 0.1) is 12.7 Å². The minimum absolute atomic E-state index is 0.220. The number of nitrogens with one attached hydrogen (secondary N) is 2. The maximum Gasteiger partial charge on any atom is 0.251 e. The van der Waals surface area contributed by atoms with Crippen molar-refractivity contribution in [3.05, 3.63) is 47.5 Å². The van der Waals surface area contributed by atoms with Crippen LogP contribution >= 0.6 is 0 Å². The second kappa shape index (κ2) is 5.96. The normalized spacial score (nSPS) is 10.1. The molecule has 1 heterocycles. The van der Waals surface area contributed by atoms with Crippen molar-refractivity contribution in [3.63, 3.8) is 0 Å². The van der Waals surface area contributed by atoms with Gasteiger partial charge in [-0.25, -0.2) is 4.39 Å². The van der Waals surface area contributed by atoms with Gasteiger partial charge >= 0.3 is 0 Å². The monoisotopic (exact) mass is 277 g/mol. The highest BCUT2D eigenvalue weighted by Crippen LogP contribution is 2.06. The number of carbonyl (C=O) groups is 2.